The zero-order valence-corrected chi connectivity index (χ0v) is 10.6. The normalized spacial score (nSPS) is 13.2. The van der Waals surface area contributed by atoms with Crippen LogP contribution in [0.1, 0.15) is 24.6 Å². The zero-order chi connectivity index (χ0) is 11.7. The smallest absolute Gasteiger partial charge is 0.177 e. The first-order chi connectivity index (χ1) is 7.63. The SMILES string of the molecule is CCC(Cl)Cc1c(C)nc2cnnn2c1Cl. The van der Waals surface area contributed by atoms with Crippen molar-refractivity contribution in [3.05, 3.63) is 22.6 Å². The molecule has 2 aromatic rings. The van der Waals surface area contributed by atoms with Crippen molar-refractivity contribution in [1.82, 2.24) is 19.8 Å². The third-order valence-electron chi connectivity index (χ3n) is 2.55. The highest BCUT2D eigenvalue weighted by Gasteiger charge is 2.15. The highest BCUT2D eigenvalue weighted by Crippen LogP contribution is 2.23. The minimum atomic E-state index is 0.0685. The molecule has 86 valence electrons. The van der Waals surface area contributed by atoms with Gasteiger partial charge in [-0.3, -0.25) is 0 Å². The number of rotatable bonds is 3. The number of aryl methyl sites for hydroxylation is 1. The van der Waals surface area contributed by atoms with Crippen LogP contribution in [0.4, 0.5) is 0 Å². The van der Waals surface area contributed by atoms with Crippen LogP contribution in [0.3, 0.4) is 0 Å². The zero-order valence-electron chi connectivity index (χ0n) is 9.11. The number of hydrogen-bond acceptors (Lipinski definition) is 3. The topological polar surface area (TPSA) is 43.1 Å². The van der Waals surface area contributed by atoms with Crippen molar-refractivity contribution in [2.24, 2.45) is 0 Å². The molecule has 0 aliphatic rings. The van der Waals surface area contributed by atoms with E-state index < -0.39 is 0 Å². The second kappa shape index (κ2) is 4.55. The van der Waals surface area contributed by atoms with Crippen LogP contribution in [-0.4, -0.2) is 25.2 Å². The Morgan fingerprint density at radius 1 is 1.50 bits per heavy atom. The second-order valence-corrected chi connectivity index (χ2v) is 4.66. The first-order valence-corrected chi connectivity index (χ1v) is 5.94. The molecule has 0 spiro atoms. The monoisotopic (exact) mass is 258 g/mol. The summed E-state index contributed by atoms with van der Waals surface area (Å²) in [6.07, 6.45) is 3.18. The maximum atomic E-state index is 6.25. The van der Waals surface area contributed by atoms with E-state index in [0.717, 1.165) is 17.7 Å². The molecular formula is C10H12Cl2N4. The Hall–Kier alpha value is -0.870. The van der Waals surface area contributed by atoms with Gasteiger partial charge < -0.3 is 0 Å². The van der Waals surface area contributed by atoms with Crippen molar-refractivity contribution >= 4 is 28.8 Å². The van der Waals surface area contributed by atoms with Crippen LogP contribution >= 0.6 is 23.2 Å². The van der Waals surface area contributed by atoms with Gasteiger partial charge >= 0.3 is 0 Å². The Kier molecular flexibility index (Phi) is 3.30. The number of alkyl halides is 1. The van der Waals surface area contributed by atoms with E-state index >= 15 is 0 Å². The number of halogens is 2. The minimum absolute atomic E-state index is 0.0685. The van der Waals surface area contributed by atoms with Crippen LogP contribution in [0.2, 0.25) is 5.15 Å². The molecule has 2 heterocycles. The van der Waals surface area contributed by atoms with E-state index in [1.165, 1.54) is 4.52 Å². The predicted molar refractivity (Wildman–Crippen MR) is 64.2 cm³/mol. The minimum Gasteiger partial charge on any atom is -0.232 e. The summed E-state index contributed by atoms with van der Waals surface area (Å²) in [4.78, 5) is 4.38. The predicted octanol–water partition coefficient (Wildman–Crippen LogP) is 2.65. The molecule has 0 amide bonds. The van der Waals surface area contributed by atoms with E-state index in [2.05, 4.69) is 15.3 Å². The first kappa shape index (κ1) is 11.6. The lowest BCUT2D eigenvalue weighted by Gasteiger charge is -2.11. The summed E-state index contributed by atoms with van der Waals surface area (Å²) in [5, 5.41) is 8.28. The van der Waals surface area contributed by atoms with Crippen LogP contribution in [0.25, 0.3) is 5.65 Å². The fourth-order valence-corrected chi connectivity index (χ4v) is 2.05. The van der Waals surface area contributed by atoms with Gasteiger partial charge in [-0.1, -0.05) is 23.7 Å². The maximum Gasteiger partial charge on any atom is 0.177 e. The summed E-state index contributed by atoms with van der Waals surface area (Å²) >= 11 is 12.4. The molecule has 0 aliphatic carbocycles. The van der Waals surface area contributed by atoms with Gasteiger partial charge in [-0.05, 0) is 19.8 Å². The number of fused-ring (bicyclic) bond motifs is 1. The lowest BCUT2D eigenvalue weighted by Crippen LogP contribution is -2.08. The standard InChI is InChI=1S/C10H12Cl2N4/c1-3-7(11)4-8-6(2)14-9-5-13-15-16(9)10(8)12/h5,7H,3-4H2,1-2H3. The molecule has 0 saturated heterocycles. The Bertz CT molecular complexity index is 509. The molecule has 2 rings (SSSR count). The summed E-state index contributed by atoms with van der Waals surface area (Å²) < 4.78 is 1.53. The molecule has 0 aliphatic heterocycles. The van der Waals surface area contributed by atoms with Crippen LogP contribution in [0, 0.1) is 6.92 Å². The second-order valence-electron chi connectivity index (χ2n) is 3.68. The Labute approximate surface area is 104 Å². The third-order valence-corrected chi connectivity index (χ3v) is 3.40. The highest BCUT2D eigenvalue weighted by molar-refractivity contribution is 6.30. The van der Waals surface area contributed by atoms with Crippen molar-refractivity contribution in [3.8, 4) is 0 Å². The van der Waals surface area contributed by atoms with Crippen LogP contribution in [0.5, 0.6) is 0 Å². The molecule has 0 aromatic carbocycles. The van der Waals surface area contributed by atoms with Crippen molar-refractivity contribution in [1.29, 1.82) is 0 Å². The molecule has 1 unspecified atom stereocenters. The summed E-state index contributed by atoms with van der Waals surface area (Å²) in [7, 11) is 0. The van der Waals surface area contributed by atoms with E-state index in [4.69, 9.17) is 23.2 Å². The Balaban J connectivity index is 2.50. The number of nitrogens with zero attached hydrogens (tertiary/aromatic N) is 4. The number of hydrogen-bond donors (Lipinski definition) is 0. The maximum absolute atomic E-state index is 6.25. The third kappa shape index (κ3) is 1.99. The summed E-state index contributed by atoms with van der Waals surface area (Å²) in [5.41, 5.74) is 2.49. The largest absolute Gasteiger partial charge is 0.232 e. The van der Waals surface area contributed by atoms with E-state index in [1.807, 2.05) is 13.8 Å². The van der Waals surface area contributed by atoms with Gasteiger partial charge in [0.2, 0.25) is 0 Å². The molecule has 6 heteroatoms. The van der Waals surface area contributed by atoms with Gasteiger partial charge in [-0.25, -0.2) is 4.98 Å². The lowest BCUT2D eigenvalue weighted by molar-refractivity contribution is 0.772. The highest BCUT2D eigenvalue weighted by atomic mass is 35.5. The van der Waals surface area contributed by atoms with Gasteiger partial charge in [0.05, 0.1) is 6.20 Å². The molecular weight excluding hydrogens is 247 g/mol. The average Bonchev–Trinajstić information content (AvgIpc) is 2.71. The lowest BCUT2D eigenvalue weighted by atomic mass is 10.1. The molecule has 0 fully saturated rings. The van der Waals surface area contributed by atoms with Gasteiger partial charge in [0.25, 0.3) is 0 Å². The average molecular weight is 259 g/mol. The van der Waals surface area contributed by atoms with Crippen LogP contribution in [0.15, 0.2) is 6.20 Å². The molecule has 1 atom stereocenters. The molecule has 2 aromatic heterocycles. The van der Waals surface area contributed by atoms with Crippen LogP contribution in [-0.2, 0) is 6.42 Å². The molecule has 0 radical (unpaired) electrons. The Morgan fingerprint density at radius 2 is 2.25 bits per heavy atom. The summed E-state index contributed by atoms with van der Waals surface area (Å²) in [5.74, 6) is 0. The van der Waals surface area contributed by atoms with E-state index in [1.54, 1.807) is 6.20 Å². The van der Waals surface area contributed by atoms with Crippen molar-refractivity contribution in [3.63, 3.8) is 0 Å². The van der Waals surface area contributed by atoms with Gasteiger partial charge in [0, 0.05) is 16.6 Å². The fraction of sp³-hybridized carbons (Fsp3) is 0.500. The molecule has 0 saturated carbocycles. The van der Waals surface area contributed by atoms with Crippen molar-refractivity contribution in [2.45, 2.75) is 32.1 Å². The van der Waals surface area contributed by atoms with Gasteiger partial charge in [0.15, 0.2) is 5.65 Å². The van der Waals surface area contributed by atoms with E-state index in [-0.39, 0.29) is 5.38 Å². The van der Waals surface area contributed by atoms with Gasteiger partial charge in [0.1, 0.15) is 5.15 Å². The summed E-state index contributed by atoms with van der Waals surface area (Å²) in [6.45, 7) is 3.97. The van der Waals surface area contributed by atoms with Crippen molar-refractivity contribution < 1.29 is 0 Å². The molecule has 0 N–H and O–H groups in total. The van der Waals surface area contributed by atoms with Crippen LogP contribution < -0.4 is 0 Å². The van der Waals surface area contributed by atoms with E-state index in [0.29, 0.717) is 17.2 Å². The first-order valence-electron chi connectivity index (χ1n) is 5.13. The fourth-order valence-electron chi connectivity index (χ4n) is 1.56. The quantitative estimate of drug-likeness (QED) is 0.628. The van der Waals surface area contributed by atoms with E-state index in [9.17, 15) is 0 Å². The Morgan fingerprint density at radius 3 is 2.94 bits per heavy atom. The van der Waals surface area contributed by atoms with Gasteiger partial charge in [-0.15, -0.1) is 16.7 Å². The molecule has 16 heavy (non-hydrogen) atoms. The number of aromatic nitrogens is 4. The summed E-state index contributed by atoms with van der Waals surface area (Å²) in [6, 6.07) is 0. The molecule has 0 bridgehead atoms. The van der Waals surface area contributed by atoms with Crippen molar-refractivity contribution in [2.75, 3.05) is 0 Å². The van der Waals surface area contributed by atoms with Gasteiger partial charge in [-0.2, -0.15) is 4.52 Å². The molecule has 4 nitrogen and oxygen atoms in total.